The molecule has 0 aliphatic carbocycles. The average Bonchev–Trinajstić information content (AvgIpc) is 3.08. The van der Waals surface area contributed by atoms with Crippen molar-refractivity contribution < 1.29 is 4.79 Å². The Hall–Kier alpha value is -2.80. The van der Waals surface area contributed by atoms with E-state index in [1.807, 2.05) is 18.4 Å². The largest absolute Gasteiger partial charge is 0.296 e. The number of hydrogen-bond donors (Lipinski definition) is 1. The number of rotatable bonds is 5. The van der Waals surface area contributed by atoms with Gasteiger partial charge in [0, 0.05) is 23.6 Å². The van der Waals surface area contributed by atoms with Crippen LogP contribution in [0.1, 0.15) is 35.0 Å². The first kappa shape index (κ1) is 18.0. The molecule has 2 heterocycles. The van der Waals surface area contributed by atoms with E-state index in [0.29, 0.717) is 11.7 Å². The van der Waals surface area contributed by atoms with Crippen LogP contribution in [-0.4, -0.2) is 20.7 Å². The maximum Gasteiger partial charge on any atom is 0.277 e. The van der Waals surface area contributed by atoms with Gasteiger partial charge >= 0.3 is 0 Å². The topological polar surface area (TPSA) is 76.9 Å². The summed E-state index contributed by atoms with van der Waals surface area (Å²) >= 11 is 1.36. The number of aromatic nitrogens is 3. The van der Waals surface area contributed by atoms with Crippen molar-refractivity contribution in [3.63, 3.8) is 0 Å². The molecular formula is C19H20N4O2S. The van der Waals surface area contributed by atoms with E-state index in [0.717, 1.165) is 17.7 Å². The number of anilines is 1. The van der Waals surface area contributed by atoms with Gasteiger partial charge in [0.05, 0.1) is 5.69 Å². The third-order valence-corrected chi connectivity index (χ3v) is 4.82. The molecule has 0 bridgehead atoms. The van der Waals surface area contributed by atoms with E-state index < -0.39 is 0 Å². The molecule has 0 aliphatic rings. The number of nitrogens with one attached hydrogen (secondary N) is 1. The number of carbonyl (C=O) groups excluding carboxylic acids is 1. The average molecular weight is 368 g/mol. The van der Waals surface area contributed by atoms with Crippen LogP contribution in [0, 0.1) is 13.8 Å². The van der Waals surface area contributed by atoms with Crippen LogP contribution in [0.4, 0.5) is 5.13 Å². The van der Waals surface area contributed by atoms with Crippen molar-refractivity contribution in [1.82, 2.24) is 14.8 Å². The second-order valence-corrected chi connectivity index (χ2v) is 6.93. The van der Waals surface area contributed by atoms with E-state index >= 15 is 0 Å². The predicted molar refractivity (Wildman–Crippen MR) is 104 cm³/mol. The first-order valence-electron chi connectivity index (χ1n) is 8.40. The van der Waals surface area contributed by atoms with Gasteiger partial charge in [-0.15, -0.1) is 11.3 Å². The fourth-order valence-electron chi connectivity index (χ4n) is 2.47. The van der Waals surface area contributed by atoms with Gasteiger partial charge in [-0.3, -0.25) is 14.9 Å². The van der Waals surface area contributed by atoms with Crippen LogP contribution in [-0.2, 0) is 6.54 Å². The first-order chi connectivity index (χ1) is 12.5. The lowest BCUT2D eigenvalue weighted by molar-refractivity contribution is 0.101. The molecule has 7 heteroatoms. The zero-order valence-corrected chi connectivity index (χ0v) is 15.8. The van der Waals surface area contributed by atoms with Crippen LogP contribution in [0.15, 0.2) is 40.5 Å². The van der Waals surface area contributed by atoms with Crippen molar-refractivity contribution in [1.29, 1.82) is 0 Å². The van der Waals surface area contributed by atoms with E-state index in [1.54, 1.807) is 0 Å². The lowest BCUT2D eigenvalue weighted by Crippen LogP contribution is -2.26. The van der Waals surface area contributed by atoms with Gasteiger partial charge in [0.25, 0.3) is 11.5 Å². The highest BCUT2D eigenvalue weighted by Gasteiger charge is 2.13. The summed E-state index contributed by atoms with van der Waals surface area (Å²) < 4.78 is 1.30. The van der Waals surface area contributed by atoms with Crippen LogP contribution in [0.3, 0.4) is 0 Å². The highest BCUT2D eigenvalue weighted by Crippen LogP contribution is 2.26. The second-order valence-electron chi connectivity index (χ2n) is 6.07. The number of carbonyl (C=O) groups is 1. The number of amides is 1. The fourth-order valence-corrected chi connectivity index (χ4v) is 3.18. The molecule has 0 unspecified atom stereocenters. The third kappa shape index (κ3) is 3.88. The molecule has 0 spiro atoms. The van der Waals surface area contributed by atoms with Crippen LogP contribution in [0.25, 0.3) is 11.3 Å². The Kier molecular flexibility index (Phi) is 5.27. The van der Waals surface area contributed by atoms with Crippen molar-refractivity contribution in [3.8, 4) is 11.3 Å². The van der Waals surface area contributed by atoms with Crippen LogP contribution in [0.2, 0.25) is 0 Å². The number of thiazole rings is 1. The summed E-state index contributed by atoms with van der Waals surface area (Å²) in [4.78, 5) is 28.6. The van der Waals surface area contributed by atoms with Gasteiger partial charge in [-0.1, -0.05) is 19.1 Å². The summed E-state index contributed by atoms with van der Waals surface area (Å²) in [7, 11) is 0. The van der Waals surface area contributed by atoms with Gasteiger partial charge in [0.1, 0.15) is 5.69 Å². The fraction of sp³-hybridized carbons (Fsp3) is 0.263. The Labute approximate surface area is 155 Å². The molecule has 0 aliphatic heterocycles. The summed E-state index contributed by atoms with van der Waals surface area (Å²) in [5, 5.41) is 9.27. The number of hydrogen-bond acceptors (Lipinski definition) is 5. The van der Waals surface area contributed by atoms with Crippen LogP contribution >= 0.6 is 11.3 Å². The van der Waals surface area contributed by atoms with E-state index in [-0.39, 0.29) is 17.2 Å². The Morgan fingerprint density at radius 2 is 2.00 bits per heavy atom. The Bertz CT molecular complexity index is 1010. The molecule has 26 heavy (non-hydrogen) atoms. The molecular weight excluding hydrogens is 348 g/mol. The zero-order valence-electron chi connectivity index (χ0n) is 14.9. The molecule has 2 aromatic heterocycles. The van der Waals surface area contributed by atoms with Crippen LogP contribution < -0.4 is 10.9 Å². The summed E-state index contributed by atoms with van der Waals surface area (Å²) in [5.74, 6) is -0.379. The second kappa shape index (κ2) is 7.61. The molecule has 0 fully saturated rings. The van der Waals surface area contributed by atoms with Crippen molar-refractivity contribution >= 4 is 22.4 Å². The van der Waals surface area contributed by atoms with E-state index in [1.165, 1.54) is 39.3 Å². The summed E-state index contributed by atoms with van der Waals surface area (Å²) in [6, 6.07) is 8.95. The quantitative estimate of drug-likeness (QED) is 0.746. The maximum absolute atomic E-state index is 12.4. The highest BCUT2D eigenvalue weighted by molar-refractivity contribution is 7.14. The SMILES string of the molecule is CCCn1nc(C(=O)Nc2nc(-c3ccc(C)c(C)c3)cs2)ccc1=O. The smallest absolute Gasteiger partial charge is 0.277 e. The molecule has 0 saturated heterocycles. The summed E-state index contributed by atoms with van der Waals surface area (Å²) in [6.07, 6.45) is 0.768. The number of aryl methyl sites for hydroxylation is 3. The van der Waals surface area contributed by atoms with Crippen molar-refractivity contribution in [3.05, 3.63) is 62.9 Å². The van der Waals surface area contributed by atoms with Gasteiger partial charge < -0.3 is 0 Å². The number of benzene rings is 1. The minimum absolute atomic E-state index is 0.195. The Morgan fingerprint density at radius 3 is 2.73 bits per heavy atom. The standard InChI is InChI=1S/C19H20N4O2S/c1-4-9-23-17(24)8-7-15(22-23)18(25)21-19-20-16(11-26-19)14-6-5-12(2)13(3)10-14/h5-8,10-11H,4,9H2,1-3H3,(H,20,21,25). The normalized spacial score (nSPS) is 10.7. The molecule has 0 radical (unpaired) electrons. The van der Waals surface area contributed by atoms with E-state index in [9.17, 15) is 9.59 Å². The van der Waals surface area contributed by atoms with Crippen molar-refractivity contribution in [2.75, 3.05) is 5.32 Å². The molecule has 3 rings (SSSR count). The van der Waals surface area contributed by atoms with Gasteiger partial charge in [0.15, 0.2) is 5.13 Å². The molecule has 0 saturated carbocycles. The monoisotopic (exact) mass is 368 g/mol. The Balaban J connectivity index is 1.78. The molecule has 134 valence electrons. The van der Waals surface area contributed by atoms with Gasteiger partial charge in [-0.25, -0.2) is 9.67 Å². The van der Waals surface area contributed by atoms with Gasteiger partial charge in [0.2, 0.25) is 0 Å². The highest BCUT2D eigenvalue weighted by atomic mass is 32.1. The minimum atomic E-state index is -0.379. The first-order valence-corrected chi connectivity index (χ1v) is 9.28. The molecule has 0 atom stereocenters. The zero-order chi connectivity index (χ0) is 18.7. The molecule has 1 amide bonds. The molecule has 6 nitrogen and oxygen atoms in total. The van der Waals surface area contributed by atoms with Crippen molar-refractivity contribution in [2.24, 2.45) is 0 Å². The molecule has 3 aromatic rings. The lowest BCUT2D eigenvalue weighted by Gasteiger charge is -2.05. The Morgan fingerprint density at radius 1 is 1.19 bits per heavy atom. The lowest BCUT2D eigenvalue weighted by atomic mass is 10.1. The van der Waals surface area contributed by atoms with Crippen molar-refractivity contribution in [2.45, 2.75) is 33.7 Å². The molecule has 1 N–H and O–H groups in total. The van der Waals surface area contributed by atoms with Gasteiger partial charge in [-0.2, -0.15) is 5.10 Å². The molecule has 1 aromatic carbocycles. The number of nitrogens with zero attached hydrogens (tertiary/aromatic N) is 3. The third-order valence-electron chi connectivity index (χ3n) is 4.06. The van der Waals surface area contributed by atoms with E-state index in [4.69, 9.17) is 0 Å². The minimum Gasteiger partial charge on any atom is -0.296 e. The maximum atomic E-state index is 12.4. The summed E-state index contributed by atoms with van der Waals surface area (Å²) in [5.41, 5.74) is 4.24. The van der Waals surface area contributed by atoms with E-state index in [2.05, 4.69) is 41.4 Å². The predicted octanol–water partition coefficient (Wildman–Crippen LogP) is 3.65. The van der Waals surface area contributed by atoms with Crippen LogP contribution in [0.5, 0.6) is 0 Å². The van der Waals surface area contributed by atoms with Gasteiger partial charge in [-0.05, 0) is 43.5 Å². The summed E-state index contributed by atoms with van der Waals surface area (Å²) in [6.45, 7) is 6.56.